The van der Waals surface area contributed by atoms with Crippen molar-refractivity contribution in [2.45, 2.75) is 24.5 Å². The molecule has 9 nitrogen and oxygen atoms in total. The molecule has 0 aromatic carbocycles. The Bertz CT molecular complexity index is 696. The van der Waals surface area contributed by atoms with E-state index in [1.54, 1.807) is 11.6 Å². The summed E-state index contributed by atoms with van der Waals surface area (Å²) in [7, 11) is 1.67. The zero-order chi connectivity index (χ0) is 14.4. The Morgan fingerprint density at radius 2 is 2.05 bits per heavy atom. The van der Waals surface area contributed by atoms with Gasteiger partial charge in [0.2, 0.25) is 0 Å². The van der Waals surface area contributed by atoms with Crippen molar-refractivity contribution < 1.29 is 20.1 Å². The first-order valence-electron chi connectivity index (χ1n) is 6.05. The number of nitrogens with zero attached hydrogens (tertiary/aromatic N) is 4. The third kappa shape index (κ3) is 1.75. The van der Waals surface area contributed by atoms with Crippen LogP contribution >= 0.6 is 0 Å². The van der Waals surface area contributed by atoms with E-state index in [0.29, 0.717) is 5.65 Å². The van der Waals surface area contributed by atoms with Gasteiger partial charge < -0.3 is 24.6 Å². The number of imidazole rings is 1. The number of aliphatic hydroxyl groups is 3. The molecule has 0 amide bonds. The van der Waals surface area contributed by atoms with Crippen molar-refractivity contribution in [2.24, 2.45) is 7.05 Å². The maximum atomic E-state index is 11.6. The van der Waals surface area contributed by atoms with Gasteiger partial charge in [-0.3, -0.25) is 9.36 Å². The van der Waals surface area contributed by atoms with Gasteiger partial charge in [-0.1, -0.05) is 0 Å². The Morgan fingerprint density at radius 1 is 1.30 bits per heavy atom. The first-order valence-corrected chi connectivity index (χ1v) is 6.05. The highest BCUT2D eigenvalue weighted by atomic mass is 16.6. The molecule has 3 rings (SSSR count). The number of fused-ring (bicyclic) bond motifs is 1. The van der Waals surface area contributed by atoms with Gasteiger partial charge in [0.05, 0.1) is 12.9 Å². The number of aliphatic hydroxyl groups excluding tert-OH is 3. The Kier molecular flexibility index (Phi) is 3.05. The van der Waals surface area contributed by atoms with Crippen LogP contribution in [0.25, 0.3) is 11.2 Å². The smallest absolute Gasteiger partial charge is 0.300 e. The number of ether oxygens (including phenoxy) is 1. The molecule has 1 saturated heterocycles. The van der Waals surface area contributed by atoms with Crippen molar-refractivity contribution in [1.29, 1.82) is 0 Å². The molecule has 1 aliphatic rings. The van der Waals surface area contributed by atoms with Crippen LogP contribution in [0.1, 0.15) is 6.23 Å². The summed E-state index contributed by atoms with van der Waals surface area (Å²) in [6.07, 6.45) is -1.57. The first kappa shape index (κ1) is 13.2. The van der Waals surface area contributed by atoms with Crippen LogP contribution < -0.4 is 5.56 Å². The number of aromatic nitrogens is 4. The van der Waals surface area contributed by atoms with Gasteiger partial charge in [0.25, 0.3) is 0 Å². The first-order chi connectivity index (χ1) is 9.54. The number of aryl methyl sites for hydroxylation is 1. The molecule has 3 N–H and O–H groups in total. The minimum atomic E-state index is -1.23. The van der Waals surface area contributed by atoms with Crippen LogP contribution in [0.15, 0.2) is 17.4 Å². The van der Waals surface area contributed by atoms with Gasteiger partial charge in [-0.2, -0.15) is 4.98 Å². The lowest BCUT2D eigenvalue weighted by atomic mass is 10.1. The predicted molar refractivity (Wildman–Crippen MR) is 65.8 cm³/mol. The van der Waals surface area contributed by atoms with Crippen LogP contribution in [0.5, 0.6) is 0 Å². The summed E-state index contributed by atoms with van der Waals surface area (Å²) in [5.74, 6) is 0. The second-order valence-corrected chi connectivity index (χ2v) is 4.71. The second-order valence-electron chi connectivity index (χ2n) is 4.71. The molecule has 0 spiro atoms. The van der Waals surface area contributed by atoms with E-state index in [9.17, 15) is 15.0 Å². The van der Waals surface area contributed by atoms with Gasteiger partial charge in [0.1, 0.15) is 30.3 Å². The van der Waals surface area contributed by atoms with Crippen molar-refractivity contribution in [3.8, 4) is 0 Å². The summed E-state index contributed by atoms with van der Waals surface area (Å²) in [4.78, 5) is 19.2. The van der Waals surface area contributed by atoms with Gasteiger partial charge in [0, 0.05) is 7.05 Å². The van der Waals surface area contributed by atoms with E-state index in [0.717, 1.165) is 0 Å². The minimum Gasteiger partial charge on any atom is -0.394 e. The highest BCUT2D eigenvalue weighted by Crippen LogP contribution is 2.30. The molecule has 0 unspecified atom stereocenters. The maximum Gasteiger partial charge on any atom is 0.300 e. The van der Waals surface area contributed by atoms with Crippen molar-refractivity contribution in [1.82, 2.24) is 19.1 Å². The highest BCUT2D eigenvalue weighted by molar-refractivity contribution is 5.69. The van der Waals surface area contributed by atoms with E-state index >= 15 is 0 Å². The summed E-state index contributed by atoms with van der Waals surface area (Å²) in [6.45, 7) is -0.415. The molecule has 108 valence electrons. The molecule has 0 aliphatic carbocycles. The average Bonchev–Trinajstić information content (AvgIpc) is 2.99. The molecule has 0 radical (unpaired) electrons. The minimum absolute atomic E-state index is 0.146. The Hall–Kier alpha value is -1.81. The topological polar surface area (TPSA) is 123 Å². The van der Waals surface area contributed by atoms with Gasteiger partial charge in [-0.05, 0) is 0 Å². The summed E-state index contributed by atoms with van der Waals surface area (Å²) in [5.41, 5.74) is 0.0798. The molecule has 2 aromatic heterocycles. The van der Waals surface area contributed by atoms with Crippen LogP contribution in [0, 0.1) is 0 Å². The van der Waals surface area contributed by atoms with Gasteiger partial charge >= 0.3 is 5.56 Å². The lowest BCUT2D eigenvalue weighted by molar-refractivity contribution is -0.0512. The molecule has 0 bridgehead atoms. The molecule has 1 fully saturated rings. The molecule has 0 saturated carbocycles. The summed E-state index contributed by atoms with van der Waals surface area (Å²) < 4.78 is 8.43. The highest BCUT2D eigenvalue weighted by Gasteiger charge is 2.44. The van der Waals surface area contributed by atoms with Crippen LogP contribution in [0.2, 0.25) is 0 Å². The third-order valence-corrected chi connectivity index (χ3v) is 3.44. The molecule has 2 aromatic rings. The van der Waals surface area contributed by atoms with Crippen LogP contribution in [0.3, 0.4) is 0 Å². The Labute approximate surface area is 112 Å². The molecule has 9 heteroatoms. The number of rotatable bonds is 2. The van der Waals surface area contributed by atoms with Crippen molar-refractivity contribution in [2.75, 3.05) is 6.61 Å². The average molecular weight is 282 g/mol. The van der Waals surface area contributed by atoms with E-state index in [1.165, 1.54) is 17.2 Å². The van der Waals surface area contributed by atoms with Crippen molar-refractivity contribution >= 4 is 11.2 Å². The summed E-state index contributed by atoms with van der Waals surface area (Å²) in [5, 5.41) is 28.9. The molecular formula is C11H14N4O5. The lowest BCUT2D eigenvalue weighted by Gasteiger charge is -2.17. The number of hydrogen-bond acceptors (Lipinski definition) is 7. The Morgan fingerprint density at radius 3 is 2.70 bits per heavy atom. The SMILES string of the molecule is Cn1cnc(=O)c2ncn([C@@H]3O[C@H](CO)[C@@H](O)[C@H]3O)c21. The fourth-order valence-corrected chi connectivity index (χ4v) is 2.41. The monoisotopic (exact) mass is 282 g/mol. The zero-order valence-electron chi connectivity index (χ0n) is 10.6. The zero-order valence-corrected chi connectivity index (χ0v) is 10.6. The van der Waals surface area contributed by atoms with Gasteiger partial charge in [0.15, 0.2) is 11.7 Å². The standard InChI is InChI=1S/C11H14N4O5/c1-14-3-13-9(19)6-10(14)15(4-12-6)11-8(18)7(17)5(2-16)20-11/h3-5,7-8,11,16-18H,2H2,1H3/t5-,7-,8-,11-/m1/s1. The summed E-state index contributed by atoms with van der Waals surface area (Å²) >= 11 is 0. The second kappa shape index (κ2) is 4.63. The maximum absolute atomic E-state index is 11.6. The van der Waals surface area contributed by atoms with E-state index < -0.39 is 36.7 Å². The fraction of sp³-hybridized carbons (Fsp3) is 0.545. The summed E-state index contributed by atoms with van der Waals surface area (Å²) in [6, 6.07) is 0. The fourth-order valence-electron chi connectivity index (χ4n) is 2.41. The predicted octanol–water partition coefficient (Wildman–Crippen LogP) is -2.26. The molecule has 20 heavy (non-hydrogen) atoms. The van der Waals surface area contributed by atoms with E-state index in [4.69, 9.17) is 9.84 Å². The van der Waals surface area contributed by atoms with Crippen LogP contribution in [-0.2, 0) is 11.8 Å². The number of hydrogen-bond donors (Lipinski definition) is 3. The van der Waals surface area contributed by atoms with E-state index in [-0.39, 0.29) is 5.52 Å². The van der Waals surface area contributed by atoms with Crippen LogP contribution in [-0.4, -0.2) is 59.3 Å². The third-order valence-electron chi connectivity index (χ3n) is 3.44. The molecule has 1 aliphatic heterocycles. The normalized spacial score (nSPS) is 30.2. The lowest BCUT2D eigenvalue weighted by Crippen LogP contribution is -2.33. The largest absolute Gasteiger partial charge is 0.394 e. The quantitative estimate of drug-likeness (QED) is 0.568. The van der Waals surface area contributed by atoms with E-state index in [2.05, 4.69) is 9.97 Å². The molecular weight excluding hydrogens is 268 g/mol. The van der Waals surface area contributed by atoms with Crippen LogP contribution in [0.4, 0.5) is 0 Å². The molecule has 3 heterocycles. The molecule has 4 atom stereocenters. The Balaban J connectivity index is 2.12. The van der Waals surface area contributed by atoms with Crippen molar-refractivity contribution in [3.05, 3.63) is 23.0 Å². The van der Waals surface area contributed by atoms with Gasteiger partial charge in [-0.15, -0.1) is 0 Å². The van der Waals surface area contributed by atoms with Crippen molar-refractivity contribution in [3.63, 3.8) is 0 Å². The van der Waals surface area contributed by atoms with E-state index in [1.807, 2.05) is 0 Å². The van der Waals surface area contributed by atoms with Gasteiger partial charge in [-0.25, -0.2) is 4.98 Å².